The van der Waals surface area contributed by atoms with E-state index in [-0.39, 0.29) is 38.0 Å². The third-order valence-corrected chi connectivity index (χ3v) is 2.92. The van der Waals surface area contributed by atoms with E-state index in [0.717, 1.165) is 25.1 Å². The largest absolute Gasteiger partial charge is 0.493 e. The van der Waals surface area contributed by atoms with Gasteiger partial charge in [0.25, 0.3) is 5.91 Å². The molecule has 0 aliphatic rings. The highest BCUT2D eigenvalue weighted by atomic mass is 35.5. The van der Waals surface area contributed by atoms with Crippen LogP contribution in [0.25, 0.3) is 0 Å². The first-order valence-electron chi connectivity index (χ1n) is 7.27. The molecular weight excluding hydrogens is 357 g/mol. The van der Waals surface area contributed by atoms with Gasteiger partial charge in [-0.25, -0.2) is 0 Å². The molecular formula is C15H27Cl2N3O4. The van der Waals surface area contributed by atoms with E-state index in [1.54, 1.807) is 13.2 Å². The summed E-state index contributed by atoms with van der Waals surface area (Å²) in [6, 6.07) is 5.55. The van der Waals surface area contributed by atoms with E-state index < -0.39 is 5.91 Å². The molecule has 0 aliphatic heterocycles. The van der Waals surface area contributed by atoms with Crippen LogP contribution in [-0.4, -0.2) is 51.0 Å². The number of carbonyl (C=O) groups excluding carboxylic acids is 1. The van der Waals surface area contributed by atoms with Crippen molar-refractivity contribution in [3.63, 3.8) is 0 Å². The van der Waals surface area contributed by atoms with E-state index in [0.29, 0.717) is 24.6 Å². The molecule has 1 rings (SSSR count). The van der Waals surface area contributed by atoms with Gasteiger partial charge in [0, 0.05) is 13.1 Å². The Labute approximate surface area is 155 Å². The van der Waals surface area contributed by atoms with Gasteiger partial charge >= 0.3 is 0 Å². The van der Waals surface area contributed by atoms with Crippen LogP contribution >= 0.6 is 24.8 Å². The van der Waals surface area contributed by atoms with E-state index in [4.69, 9.17) is 20.3 Å². The molecule has 0 aliphatic carbocycles. The van der Waals surface area contributed by atoms with Crippen molar-refractivity contribution >= 4 is 30.7 Å². The number of carbonyl (C=O) groups is 1. The van der Waals surface area contributed by atoms with Crippen LogP contribution in [0, 0.1) is 0 Å². The summed E-state index contributed by atoms with van der Waals surface area (Å²) in [7, 11) is 1.55. The fourth-order valence-electron chi connectivity index (χ4n) is 1.87. The number of hydrogen-bond donors (Lipinski definition) is 4. The Balaban J connectivity index is 0. The molecule has 0 aromatic heterocycles. The zero-order valence-corrected chi connectivity index (χ0v) is 15.4. The molecule has 1 aromatic rings. The highest BCUT2D eigenvalue weighted by Crippen LogP contribution is 2.27. The maximum absolute atomic E-state index is 10.7. The first-order valence-corrected chi connectivity index (χ1v) is 7.27. The predicted molar refractivity (Wildman–Crippen MR) is 98.5 cm³/mol. The molecule has 0 unspecified atom stereocenters. The molecule has 0 bridgehead atoms. The summed E-state index contributed by atoms with van der Waals surface area (Å²) in [5.74, 6) is 0.547. The number of nitrogens with one attached hydrogen (secondary N) is 2. The Morgan fingerprint density at radius 1 is 1.17 bits per heavy atom. The van der Waals surface area contributed by atoms with Crippen LogP contribution in [0.15, 0.2) is 18.2 Å². The lowest BCUT2D eigenvalue weighted by Crippen LogP contribution is -2.23. The van der Waals surface area contributed by atoms with E-state index in [1.165, 1.54) is 0 Å². The van der Waals surface area contributed by atoms with Crippen LogP contribution in [0.2, 0.25) is 0 Å². The van der Waals surface area contributed by atoms with Crippen molar-refractivity contribution in [3.8, 4) is 11.5 Å². The molecule has 0 radical (unpaired) electrons. The van der Waals surface area contributed by atoms with E-state index in [9.17, 15) is 4.79 Å². The van der Waals surface area contributed by atoms with Gasteiger partial charge in [0.05, 0.1) is 13.7 Å². The fourth-order valence-corrected chi connectivity index (χ4v) is 1.87. The summed E-state index contributed by atoms with van der Waals surface area (Å²) in [4.78, 5) is 10.7. The Morgan fingerprint density at radius 2 is 1.88 bits per heavy atom. The topological polar surface area (TPSA) is 106 Å². The second kappa shape index (κ2) is 15.3. The number of aliphatic hydroxyl groups excluding tert-OH is 1. The standard InChI is InChI=1S/C15H25N3O4.2ClH/c1-21-14-9-12(3-4-13(14)22-11-15(16)20)10-18-6-2-5-17-7-8-19;;/h3-4,9,17-19H,2,5-8,10-11H2,1H3,(H2,16,20);2*1H. The van der Waals surface area contributed by atoms with Crippen molar-refractivity contribution < 1.29 is 19.4 Å². The summed E-state index contributed by atoms with van der Waals surface area (Å²) in [6.45, 7) is 3.08. The number of primary amides is 1. The van der Waals surface area contributed by atoms with Gasteiger partial charge in [0.1, 0.15) is 0 Å². The van der Waals surface area contributed by atoms with Crippen molar-refractivity contribution in [2.45, 2.75) is 13.0 Å². The molecule has 5 N–H and O–H groups in total. The monoisotopic (exact) mass is 383 g/mol. The van der Waals surface area contributed by atoms with Crippen LogP contribution in [0.4, 0.5) is 0 Å². The van der Waals surface area contributed by atoms with Crippen LogP contribution in [0.5, 0.6) is 11.5 Å². The molecule has 9 heteroatoms. The van der Waals surface area contributed by atoms with E-state index in [1.807, 2.05) is 12.1 Å². The lowest BCUT2D eigenvalue weighted by atomic mass is 10.2. The minimum Gasteiger partial charge on any atom is -0.493 e. The first kappa shape index (κ1) is 25.0. The molecule has 0 saturated heterocycles. The molecule has 0 spiro atoms. The Hall–Kier alpha value is -1.25. The SMILES string of the molecule is COc1cc(CNCCCNCCO)ccc1OCC(N)=O.Cl.Cl. The van der Waals surface area contributed by atoms with Gasteiger partial charge in [0.15, 0.2) is 18.1 Å². The van der Waals surface area contributed by atoms with E-state index in [2.05, 4.69) is 10.6 Å². The Kier molecular flexibility index (Phi) is 15.9. The maximum Gasteiger partial charge on any atom is 0.255 e. The van der Waals surface area contributed by atoms with Gasteiger partial charge in [-0.2, -0.15) is 0 Å². The van der Waals surface area contributed by atoms with Gasteiger partial charge in [-0.3, -0.25) is 4.79 Å². The zero-order valence-electron chi connectivity index (χ0n) is 13.7. The number of methoxy groups -OCH3 is 1. The number of benzene rings is 1. The summed E-state index contributed by atoms with van der Waals surface area (Å²) < 4.78 is 10.5. The second-order valence-electron chi connectivity index (χ2n) is 4.74. The average Bonchev–Trinajstić information content (AvgIpc) is 2.52. The molecule has 140 valence electrons. The summed E-state index contributed by atoms with van der Waals surface area (Å²) in [5.41, 5.74) is 6.11. The van der Waals surface area contributed by atoms with Crippen LogP contribution in [0.1, 0.15) is 12.0 Å². The van der Waals surface area contributed by atoms with Crippen molar-refractivity contribution in [3.05, 3.63) is 23.8 Å². The summed E-state index contributed by atoms with van der Waals surface area (Å²) in [5, 5.41) is 15.1. The zero-order chi connectivity index (χ0) is 16.2. The smallest absolute Gasteiger partial charge is 0.255 e. The van der Waals surface area contributed by atoms with Crippen molar-refractivity contribution in [1.82, 2.24) is 10.6 Å². The lowest BCUT2D eigenvalue weighted by molar-refractivity contribution is -0.119. The van der Waals surface area contributed by atoms with Crippen molar-refractivity contribution in [2.75, 3.05) is 40.0 Å². The van der Waals surface area contributed by atoms with E-state index >= 15 is 0 Å². The third-order valence-electron chi connectivity index (χ3n) is 2.92. The van der Waals surface area contributed by atoms with Gasteiger partial charge in [-0.1, -0.05) is 6.07 Å². The molecule has 0 atom stereocenters. The van der Waals surface area contributed by atoms with Crippen LogP contribution in [-0.2, 0) is 11.3 Å². The molecule has 0 saturated carbocycles. The van der Waals surface area contributed by atoms with Crippen LogP contribution in [0.3, 0.4) is 0 Å². The fraction of sp³-hybridized carbons (Fsp3) is 0.533. The number of aliphatic hydroxyl groups is 1. The summed E-state index contributed by atoms with van der Waals surface area (Å²) in [6.07, 6.45) is 0.983. The minimum absolute atomic E-state index is 0. The molecule has 7 nitrogen and oxygen atoms in total. The quantitative estimate of drug-likeness (QED) is 0.391. The van der Waals surface area contributed by atoms with Gasteiger partial charge in [0.2, 0.25) is 0 Å². The number of ether oxygens (including phenoxy) is 2. The Bertz CT molecular complexity index is 464. The number of rotatable bonds is 12. The highest BCUT2D eigenvalue weighted by Gasteiger charge is 2.07. The lowest BCUT2D eigenvalue weighted by Gasteiger charge is -2.12. The number of amides is 1. The maximum atomic E-state index is 10.7. The van der Waals surface area contributed by atoms with Crippen molar-refractivity contribution in [1.29, 1.82) is 0 Å². The van der Waals surface area contributed by atoms with Crippen LogP contribution < -0.4 is 25.8 Å². The molecule has 24 heavy (non-hydrogen) atoms. The second-order valence-corrected chi connectivity index (χ2v) is 4.74. The van der Waals surface area contributed by atoms with Gasteiger partial charge in [-0.15, -0.1) is 24.8 Å². The molecule has 0 fully saturated rings. The normalized spacial score (nSPS) is 9.58. The molecule has 1 amide bonds. The average molecular weight is 384 g/mol. The predicted octanol–water partition coefficient (Wildman–Crippen LogP) is 0.464. The molecule has 1 aromatic carbocycles. The van der Waals surface area contributed by atoms with Gasteiger partial charge < -0.3 is 30.9 Å². The summed E-state index contributed by atoms with van der Waals surface area (Å²) >= 11 is 0. The Morgan fingerprint density at radius 3 is 2.50 bits per heavy atom. The minimum atomic E-state index is -0.525. The first-order chi connectivity index (χ1) is 10.7. The van der Waals surface area contributed by atoms with Gasteiger partial charge in [-0.05, 0) is 37.2 Å². The number of nitrogens with two attached hydrogens (primary N) is 1. The molecule has 0 heterocycles. The number of halogens is 2. The third kappa shape index (κ3) is 10.5. The number of hydrogen-bond acceptors (Lipinski definition) is 6. The van der Waals surface area contributed by atoms with Crippen molar-refractivity contribution in [2.24, 2.45) is 5.73 Å². The highest BCUT2D eigenvalue weighted by molar-refractivity contribution is 5.85.